The number of aromatic nitrogens is 1. The van der Waals surface area contributed by atoms with E-state index in [4.69, 9.17) is 0 Å². The molecule has 2 heterocycles. The zero-order valence-corrected chi connectivity index (χ0v) is 12.0. The largest absolute Gasteiger partial charge is 0.388 e. The molecule has 1 amide bonds. The molecule has 108 valence electrons. The first kappa shape index (κ1) is 13.8. The number of para-hydroxylation sites is 1. The molecule has 3 rings (SSSR count). The molecule has 4 heteroatoms. The van der Waals surface area contributed by atoms with Crippen molar-refractivity contribution in [2.75, 3.05) is 11.4 Å². The van der Waals surface area contributed by atoms with Gasteiger partial charge in [-0.3, -0.25) is 4.79 Å². The molecular weight excluding hydrogens is 264 g/mol. The molecule has 2 aromatic rings. The van der Waals surface area contributed by atoms with Gasteiger partial charge in [-0.05, 0) is 38.0 Å². The van der Waals surface area contributed by atoms with Crippen molar-refractivity contribution in [1.29, 1.82) is 0 Å². The van der Waals surface area contributed by atoms with E-state index in [9.17, 15) is 9.90 Å². The van der Waals surface area contributed by atoms with Crippen LogP contribution in [0.5, 0.6) is 0 Å². The molecule has 1 unspecified atom stereocenters. The summed E-state index contributed by atoms with van der Waals surface area (Å²) in [6.07, 6.45) is 0.930. The molecule has 1 atom stereocenters. The van der Waals surface area contributed by atoms with Crippen LogP contribution in [0.15, 0.2) is 42.5 Å². The van der Waals surface area contributed by atoms with Crippen LogP contribution in [0.3, 0.4) is 0 Å². The minimum absolute atomic E-state index is 0.111. The quantitative estimate of drug-likeness (QED) is 0.875. The van der Waals surface area contributed by atoms with E-state index in [-0.39, 0.29) is 5.91 Å². The van der Waals surface area contributed by atoms with Crippen molar-refractivity contribution < 1.29 is 9.90 Å². The Hall–Kier alpha value is -2.20. The van der Waals surface area contributed by atoms with E-state index in [1.807, 2.05) is 43.3 Å². The van der Waals surface area contributed by atoms with Crippen molar-refractivity contribution >= 4 is 11.6 Å². The van der Waals surface area contributed by atoms with Gasteiger partial charge in [0, 0.05) is 23.5 Å². The van der Waals surface area contributed by atoms with Gasteiger partial charge in [-0.2, -0.15) is 0 Å². The molecule has 1 N–H and O–H groups in total. The third-order valence-corrected chi connectivity index (χ3v) is 3.80. The molecule has 1 aromatic heterocycles. The smallest absolute Gasteiger partial charge is 0.276 e. The van der Waals surface area contributed by atoms with Crippen LogP contribution in [0.25, 0.3) is 0 Å². The number of rotatable bonds is 1. The highest BCUT2D eigenvalue weighted by Crippen LogP contribution is 2.33. The summed E-state index contributed by atoms with van der Waals surface area (Å²) in [5.74, 6) is -0.111. The fraction of sp³-hybridized carbons (Fsp3) is 0.294. The van der Waals surface area contributed by atoms with E-state index < -0.39 is 6.10 Å². The molecule has 1 aliphatic rings. The van der Waals surface area contributed by atoms with Gasteiger partial charge in [-0.25, -0.2) is 4.98 Å². The van der Waals surface area contributed by atoms with Crippen molar-refractivity contribution in [3.63, 3.8) is 0 Å². The van der Waals surface area contributed by atoms with Crippen LogP contribution in [-0.4, -0.2) is 22.5 Å². The van der Waals surface area contributed by atoms with E-state index in [1.54, 1.807) is 11.0 Å². The molecule has 0 fully saturated rings. The number of anilines is 1. The highest BCUT2D eigenvalue weighted by molar-refractivity contribution is 6.05. The number of hydrogen-bond donors (Lipinski definition) is 1. The van der Waals surface area contributed by atoms with E-state index >= 15 is 0 Å². The average molecular weight is 282 g/mol. The summed E-state index contributed by atoms with van der Waals surface area (Å²) in [7, 11) is 0. The highest BCUT2D eigenvalue weighted by atomic mass is 16.3. The topological polar surface area (TPSA) is 53.4 Å². The van der Waals surface area contributed by atoms with Gasteiger partial charge in [0.2, 0.25) is 0 Å². The second-order valence-electron chi connectivity index (χ2n) is 5.34. The number of carbonyl (C=O) groups is 1. The van der Waals surface area contributed by atoms with Gasteiger partial charge in [-0.1, -0.05) is 24.3 Å². The predicted octanol–water partition coefficient (Wildman–Crippen LogP) is 2.86. The third kappa shape index (κ3) is 2.67. The molecule has 1 aliphatic heterocycles. The van der Waals surface area contributed by atoms with Crippen molar-refractivity contribution in [3.05, 3.63) is 59.4 Å². The van der Waals surface area contributed by atoms with Crippen LogP contribution in [0.2, 0.25) is 0 Å². The predicted molar refractivity (Wildman–Crippen MR) is 81.3 cm³/mol. The molecule has 0 saturated heterocycles. The number of amides is 1. The van der Waals surface area contributed by atoms with Crippen molar-refractivity contribution in [2.45, 2.75) is 25.9 Å². The maximum Gasteiger partial charge on any atom is 0.276 e. The van der Waals surface area contributed by atoms with Crippen LogP contribution < -0.4 is 4.90 Å². The maximum atomic E-state index is 12.8. The first-order valence-electron chi connectivity index (χ1n) is 7.19. The number of hydrogen-bond acceptors (Lipinski definition) is 3. The SMILES string of the molecule is Cc1cccc(C(=O)N2CCCC(O)c3ccccc32)n1. The summed E-state index contributed by atoms with van der Waals surface area (Å²) in [4.78, 5) is 18.8. The van der Waals surface area contributed by atoms with Crippen molar-refractivity contribution in [2.24, 2.45) is 0 Å². The van der Waals surface area contributed by atoms with Crippen molar-refractivity contribution in [3.8, 4) is 0 Å². The van der Waals surface area contributed by atoms with Gasteiger partial charge >= 0.3 is 0 Å². The molecule has 21 heavy (non-hydrogen) atoms. The lowest BCUT2D eigenvalue weighted by Crippen LogP contribution is -2.32. The second-order valence-corrected chi connectivity index (χ2v) is 5.34. The fourth-order valence-electron chi connectivity index (χ4n) is 2.75. The number of carbonyl (C=O) groups excluding carboxylic acids is 1. The Morgan fingerprint density at radius 1 is 1.24 bits per heavy atom. The highest BCUT2D eigenvalue weighted by Gasteiger charge is 2.26. The molecule has 4 nitrogen and oxygen atoms in total. The average Bonchev–Trinajstić information content (AvgIpc) is 2.66. The Bertz CT molecular complexity index is 669. The summed E-state index contributed by atoms with van der Waals surface area (Å²) in [5, 5.41) is 10.2. The molecule has 0 spiro atoms. The zero-order valence-electron chi connectivity index (χ0n) is 12.0. The van der Waals surface area contributed by atoms with E-state index in [1.165, 1.54) is 0 Å². The Balaban J connectivity index is 2.02. The number of fused-ring (bicyclic) bond motifs is 1. The maximum absolute atomic E-state index is 12.8. The minimum Gasteiger partial charge on any atom is -0.388 e. The van der Waals surface area contributed by atoms with Crippen LogP contribution in [0.1, 0.15) is 40.7 Å². The van der Waals surface area contributed by atoms with Crippen LogP contribution in [0, 0.1) is 6.92 Å². The number of aliphatic hydroxyl groups is 1. The molecule has 0 aliphatic carbocycles. The summed E-state index contributed by atoms with van der Waals surface area (Å²) in [6.45, 7) is 2.47. The van der Waals surface area contributed by atoms with Gasteiger partial charge in [0.25, 0.3) is 5.91 Å². The fourth-order valence-corrected chi connectivity index (χ4v) is 2.75. The number of pyridine rings is 1. The van der Waals surface area contributed by atoms with E-state index in [0.29, 0.717) is 18.7 Å². The summed E-state index contributed by atoms with van der Waals surface area (Å²) in [6, 6.07) is 13.0. The lowest BCUT2D eigenvalue weighted by molar-refractivity contribution is 0.0981. The summed E-state index contributed by atoms with van der Waals surface area (Å²) >= 11 is 0. The van der Waals surface area contributed by atoms with Gasteiger partial charge in [0.05, 0.1) is 6.10 Å². The second kappa shape index (κ2) is 5.66. The molecule has 0 radical (unpaired) electrons. The van der Waals surface area contributed by atoms with Crippen molar-refractivity contribution in [1.82, 2.24) is 4.98 Å². The first-order chi connectivity index (χ1) is 10.2. The van der Waals surface area contributed by atoms with Gasteiger partial charge in [0.15, 0.2) is 0 Å². The third-order valence-electron chi connectivity index (χ3n) is 3.80. The van der Waals surface area contributed by atoms with E-state index in [2.05, 4.69) is 4.98 Å². The Morgan fingerprint density at radius 3 is 2.86 bits per heavy atom. The van der Waals surface area contributed by atoms with Gasteiger partial charge in [-0.15, -0.1) is 0 Å². The molecule has 0 bridgehead atoms. The standard InChI is InChI=1S/C17H18N2O2/c1-12-6-4-8-14(18-12)17(21)19-11-5-10-16(20)13-7-2-3-9-15(13)19/h2-4,6-9,16,20H,5,10-11H2,1H3. The van der Waals surface area contributed by atoms with Crippen LogP contribution >= 0.6 is 0 Å². The van der Waals surface area contributed by atoms with Gasteiger partial charge < -0.3 is 10.0 Å². The minimum atomic E-state index is -0.510. The Labute approximate surface area is 124 Å². The normalized spacial score (nSPS) is 18.0. The lowest BCUT2D eigenvalue weighted by atomic mass is 10.0. The molecule has 1 aromatic carbocycles. The summed E-state index contributed by atoms with van der Waals surface area (Å²) < 4.78 is 0. The Kier molecular flexibility index (Phi) is 3.71. The van der Waals surface area contributed by atoms with Crippen LogP contribution in [-0.2, 0) is 0 Å². The van der Waals surface area contributed by atoms with Crippen LogP contribution in [0.4, 0.5) is 5.69 Å². The van der Waals surface area contributed by atoms with Gasteiger partial charge in [0.1, 0.15) is 5.69 Å². The molecular formula is C17H18N2O2. The zero-order chi connectivity index (χ0) is 14.8. The van der Waals surface area contributed by atoms with E-state index in [0.717, 1.165) is 23.4 Å². The molecule has 0 saturated carbocycles. The Morgan fingerprint density at radius 2 is 2.05 bits per heavy atom. The monoisotopic (exact) mass is 282 g/mol. The number of benzene rings is 1. The number of aryl methyl sites for hydroxylation is 1. The first-order valence-corrected chi connectivity index (χ1v) is 7.19. The summed E-state index contributed by atoms with van der Waals surface area (Å²) in [5.41, 5.74) is 2.87. The number of aliphatic hydroxyl groups excluding tert-OH is 1. The lowest BCUT2D eigenvalue weighted by Gasteiger charge is -2.23. The number of nitrogens with zero attached hydrogens (tertiary/aromatic N) is 2.